The average Bonchev–Trinajstić information content (AvgIpc) is 2.57. The second-order valence-corrected chi connectivity index (χ2v) is 5.47. The molecule has 2 aromatic carbocycles. The van der Waals surface area contributed by atoms with Crippen molar-refractivity contribution in [3.8, 4) is 0 Å². The van der Waals surface area contributed by atoms with E-state index in [1.54, 1.807) is 0 Å². The van der Waals surface area contributed by atoms with Crippen molar-refractivity contribution in [3.63, 3.8) is 0 Å². The lowest BCUT2D eigenvalue weighted by Gasteiger charge is -1.97. The van der Waals surface area contributed by atoms with Gasteiger partial charge in [0.15, 0.2) is 0 Å². The number of hydrogen-bond acceptors (Lipinski definition) is 2. The van der Waals surface area contributed by atoms with Gasteiger partial charge >= 0.3 is 11.9 Å². The summed E-state index contributed by atoms with van der Waals surface area (Å²) < 4.78 is 0. The molecule has 2 aromatic rings. The van der Waals surface area contributed by atoms with E-state index in [-0.39, 0.29) is 12.8 Å². The molecule has 0 fully saturated rings. The van der Waals surface area contributed by atoms with Gasteiger partial charge < -0.3 is 10.2 Å². The fourth-order valence-electron chi connectivity index (χ4n) is 2.18. The van der Waals surface area contributed by atoms with Crippen LogP contribution in [0.15, 0.2) is 60.7 Å². The maximum atomic E-state index is 10.2. The zero-order valence-corrected chi connectivity index (χ0v) is 13.7. The van der Waals surface area contributed by atoms with E-state index in [1.807, 2.05) is 60.7 Å². The van der Waals surface area contributed by atoms with Gasteiger partial charge in [-0.3, -0.25) is 9.59 Å². The van der Waals surface area contributed by atoms with Crippen molar-refractivity contribution in [1.29, 1.82) is 0 Å². The molecule has 2 rings (SSSR count). The third kappa shape index (κ3) is 10.2. The smallest absolute Gasteiger partial charge is 0.303 e. The summed E-state index contributed by atoms with van der Waals surface area (Å²) in [6, 6.07) is 19.9. The molecule has 0 heterocycles. The van der Waals surface area contributed by atoms with E-state index in [0.717, 1.165) is 25.7 Å². The molecule has 128 valence electrons. The Morgan fingerprint density at radius 3 is 1.25 bits per heavy atom. The Balaban J connectivity index is 0.000000240. The highest BCUT2D eigenvalue weighted by molar-refractivity contribution is 5.66. The maximum absolute atomic E-state index is 10.2. The molecule has 4 heteroatoms. The predicted octanol–water partition coefficient (Wildman–Crippen LogP) is 4.19. The van der Waals surface area contributed by atoms with E-state index in [1.165, 1.54) is 11.1 Å². The SMILES string of the molecule is O=C(O)CCCc1ccccc1.O=C(O)CCCc1ccccc1. The molecule has 0 saturated carbocycles. The molecule has 0 aliphatic carbocycles. The van der Waals surface area contributed by atoms with Gasteiger partial charge in [0.2, 0.25) is 0 Å². The van der Waals surface area contributed by atoms with Gasteiger partial charge in [0, 0.05) is 12.8 Å². The predicted molar refractivity (Wildman–Crippen MR) is 94.0 cm³/mol. The number of rotatable bonds is 8. The van der Waals surface area contributed by atoms with Gasteiger partial charge in [-0.2, -0.15) is 0 Å². The minimum atomic E-state index is -0.717. The first-order valence-electron chi connectivity index (χ1n) is 8.09. The first kappa shape index (κ1) is 19.4. The van der Waals surface area contributed by atoms with Crippen LogP contribution in [-0.2, 0) is 22.4 Å². The Morgan fingerprint density at radius 1 is 0.625 bits per heavy atom. The molecule has 0 bridgehead atoms. The van der Waals surface area contributed by atoms with Crippen molar-refractivity contribution in [2.75, 3.05) is 0 Å². The Kier molecular flexibility index (Phi) is 9.62. The molecule has 0 aromatic heterocycles. The van der Waals surface area contributed by atoms with Crippen LogP contribution in [0.1, 0.15) is 36.8 Å². The molecule has 0 radical (unpaired) electrons. The minimum absolute atomic E-state index is 0.259. The monoisotopic (exact) mass is 328 g/mol. The van der Waals surface area contributed by atoms with E-state index in [9.17, 15) is 9.59 Å². The van der Waals surface area contributed by atoms with Crippen molar-refractivity contribution in [3.05, 3.63) is 71.8 Å². The van der Waals surface area contributed by atoms with Crippen molar-refractivity contribution < 1.29 is 19.8 Å². The summed E-state index contributed by atoms with van der Waals surface area (Å²) in [6.07, 6.45) is 3.67. The molecule has 0 unspecified atom stereocenters. The highest BCUT2D eigenvalue weighted by Gasteiger charge is 1.97. The Labute approximate surface area is 142 Å². The van der Waals surface area contributed by atoms with Crippen molar-refractivity contribution in [2.45, 2.75) is 38.5 Å². The van der Waals surface area contributed by atoms with Crippen LogP contribution in [0, 0.1) is 0 Å². The van der Waals surface area contributed by atoms with Crippen LogP contribution in [0.25, 0.3) is 0 Å². The lowest BCUT2D eigenvalue weighted by atomic mass is 10.1. The first-order chi connectivity index (χ1) is 11.6. The third-order valence-corrected chi connectivity index (χ3v) is 3.40. The Morgan fingerprint density at radius 2 is 0.958 bits per heavy atom. The van der Waals surface area contributed by atoms with Crippen LogP contribution in [0.4, 0.5) is 0 Å². The van der Waals surface area contributed by atoms with Crippen molar-refractivity contribution in [1.82, 2.24) is 0 Å². The fraction of sp³-hybridized carbons (Fsp3) is 0.300. The molecule has 0 aliphatic rings. The van der Waals surface area contributed by atoms with Crippen LogP contribution < -0.4 is 0 Å². The third-order valence-electron chi connectivity index (χ3n) is 3.40. The van der Waals surface area contributed by atoms with Gasteiger partial charge in [0.05, 0.1) is 0 Å². The minimum Gasteiger partial charge on any atom is -0.481 e. The number of carboxylic acid groups (broad SMARTS) is 2. The number of hydrogen-bond donors (Lipinski definition) is 2. The zero-order chi connectivity index (χ0) is 17.6. The lowest BCUT2D eigenvalue weighted by molar-refractivity contribution is -0.138. The second kappa shape index (κ2) is 11.9. The standard InChI is InChI=1S/2C10H12O2/c2*11-10(12)8-4-7-9-5-2-1-3-6-9/h2*1-3,5-6H,4,7-8H2,(H,11,12). The van der Waals surface area contributed by atoms with Gasteiger partial charge in [-0.25, -0.2) is 0 Å². The summed E-state index contributed by atoms with van der Waals surface area (Å²) in [4.78, 5) is 20.4. The van der Waals surface area contributed by atoms with Crippen LogP contribution in [0.3, 0.4) is 0 Å². The van der Waals surface area contributed by atoms with Gasteiger partial charge in [-0.05, 0) is 36.8 Å². The van der Waals surface area contributed by atoms with Crippen LogP contribution >= 0.6 is 0 Å². The first-order valence-corrected chi connectivity index (χ1v) is 8.09. The summed E-state index contributed by atoms with van der Waals surface area (Å²) in [7, 11) is 0. The molecule has 0 amide bonds. The van der Waals surface area contributed by atoms with Crippen LogP contribution in [0.2, 0.25) is 0 Å². The number of carboxylic acids is 2. The molecule has 0 spiro atoms. The molecule has 4 nitrogen and oxygen atoms in total. The number of benzene rings is 2. The summed E-state index contributed by atoms with van der Waals surface area (Å²) in [5.74, 6) is -1.43. The van der Waals surface area contributed by atoms with Gasteiger partial charge in [-0.15, -0.1) is 0 Å². The average molecular weight is 328 g/mol. The van der Waals surface area contributed by atoms with Crippen molar-refractivity contribution in [2.24, 2.45) is 0 Å². The lowest BCUT2D eigenvalue weighted by Crippen LogP contribution is -1.95. The molecule has 0 saturated heterocycles. The van der Waals surface area contributed by atoms with Crippen LogP contribution in [0.5, 0.6) is 0 Å². The summed E-state index contributed by atoms with van der Waals surface area (Å²) in [6.45, 7) is 0. The molecular formula is C20H24O4. The normalized spacial score (nSPS) is 9.67. The van der Waals surface area contributed by atoms with Gasteiger partial charge in [-0.1, -0.05) is 60.7 Å². The fourth-order valence-corrected chi connectivity index (χ4v) is 2.18. The highest BCUT2D eigenvalue weighted by Crippen LogP contribution is 2.04. The summed E-state index contributed by atoms with van der Waals surface area (Å²) >= 11 is 0. The quantitative estimate of drug-likeness (QED) is 0.762. The summed E-state index contributed by atoms with van der Waals surface area (Å²) in [5.41, 5.74) is 2.41. The summed E-state index contributed by atoms with van der Waals surface area (Å²) in [5, 5.41) is 16.8. The van der Waals surface area contributed by atoms with E-state index < -0.39 is 11.9 Å². The largest absolute Gasteiger partial charge is 0.481 e. The zero-order valence-electron chi connectivity index (χ0n) is 13.7. The van der Waals surface area contributed by atoms with E-state index in [2.05, 4.69) is 0 Å². The highest BCUT2D eigenvalue weighted by atomic mass is 16.4. The van der Waals surface area contributed by atoms with Crippen LogP contribution in [-0.4, -0.2) is 22.2 Å². The topological polar surface area (TPSA) is 74.6 Å². The Hall–Kier alpha value is -2.62. The molecule has 0 aliphatic heterocycles. The van der Waals surface area contributed by atoms with Crippen molar-refractivity contribution >= 4 is 11.9 Å². The maximum Gasteiger partial charge on any atom is 0.303 e. The molecule has 24 heavy (non-hydrogen) atoms. The molecule has 2 N–H and O–H groups in total. The molecule has 0 atom stereocenters. The number of carbonyl (C=O) groups is 2. The number of aliphatic carboxylic acids is 2. The number of aryl methyl sites for hydroxylation is 2. The van der Waals surface area contributed by atoms with Gasteiger partial charge in [0.25, 0.3) is 0 Å². The van der Waals surface area contributed by atoms with Gasteiger partial charge in [0.1, 0.15) is 0 Å². The Bertz CT molecular complexity index is 538. The van der Waals surface area contributed by atoms with E-state index in [0.29, 0.717) is 0 Å². The van der Waals surface area contributed by atoms with E-state index in [4.69, 9.17) is 10.2 Å². The van der Waals surface area contributed by atoms with E-state index >= 15 is 0 Å². The molecular weight excluding hydrogens is 304 g/mol. The second-order valence-electron chi connectivity index (χ2n) is 5.47.